The molecule has 0 aromatic heterocycles. The summed E-state index contributed by atoms with van der Waals surface area (Å²) in [5, 5.41) is 17.7. The Hall–Kier alpha value is -1.06. The molecule has 1 heterocycles. The molecular formula is C9H10O3. The maximum atomic E-state index is 8.99. The molecule has 0 spiro atoms. The summed E-state index contributed by atoms with van der Waals surface area (Å²) >= 11 is 0. The van der Waals surface area contributed by atoms with Crippen LogP contribution in [0.2, 0.25) is 0 Å². The molecule has 12 heavy (non-hydrogen) atoms. The van der Waals surface area contributed by atoms with E-state index in [-0.39, 0.29) is 24.6 Å². The zero-order valence-electron chi connectivity index (χ0n) is 6.47. The van der Waals surface area contributed by atoms with Crippen molar-refractivity contribution in [1.82, 2.24) is 0 Å². The third-order valence-corrected chi connectivity index (χ3v) is 1.98. The maximum Gasteiger partial charge on any atom is 0.115 e. The fourth-order valence-corrected chi connectivity index (χ4v) is 1.24. The fourth-order valence-electron chi connectivity index (χ4n) is 1.24. The number of aromatic hydroxyl groups is 1. The molecule has 2 rings (SSSR count). The van der Waals surface area contributed by atoms with Gasteiger partial charge in [-0.15, -0.1) is 0 Å². The smallest absolute Gasteiger partial charge is 0.115 e. The van der Waals surface area contributed by atoms with Crippen molar-refractivity contribution in [2.75, 3.05) is 6.61 Å². The third kappa shape index (κ3) is 1.29. The zero-order chi connectivity index (χ0) is 8.55. The Morgan fingerprint density at radius 1 is 1.25 bits per heavy atom. The van der Waals surface area contributed by atoms with Gasteiger partial charge in [-0.25, -0.2) is 0 Å². The van der Waals surface area contributed by atoms with E-state index < -0.39 is 0 Å². The van der Waals surface area contributed by atoms with Crippen molar-refractivity contribution < 1.29 is 14.9 Å². The largest absolute Gasteiger partial charge is 0.508 e. The van der Waals surface area contributed by atoms with Gasteiger partial charge in [0.1, 0.15) is 18.0 Å². The molecule has 1 fully saturated rings. The van der Waals surface area contributed by atoms with Crippen LogP contribution in [0, 0.1) is 0 Å². The van der Waals surface area contributed by atoms with Crippen LogP contribution in [0.1, 0.15) is 11.7 Å². The second kappa shape index (κ2) is 2.77. The lowest BCUT2D eigenvalue weighted by atomic mass is 10.1. The SMILES string of the molecule is OCC1OC1c1ccc(O)cc1. The third-order valence-electron chi connectivity index (χ3n) is 1.98. The molecule has 1 saturated heterocycles. The number of hydrogen-bond donors (Lipinski definition) is 2. The molecule has 1 aliphatic heterocycles. The number of aliphatic hydroxyl groups excluding tert-OH is 1. The normalized spacial score (nSPS) is 27.1. The zero-order valence-corrected chi connectivity index (χ0v) is 6.47. The number of epoxide rings is 1. The van der Waals surface area contributed by atoms with Crippen molar-refractivity contribution in [2.24, 2.45) is 0 Å². The highest BCUT2D eigenvalue weighted by atomic mass is 16.6. The summed E-state index contributed by atoms with van der Waals surface area (Å²) in [7, 11) is 0. The van der Waals surface area contributed by atoms with Gasteiger partial charge in [0.05, 0.1) is 6.61 Å². The number of ether oxygens (including phenoxy) is 1. The van der Waals surface area contributed by atoms with Gasteiger partial charge in [-0.05, 0) is 17.7 Å². The summed E-state index contributed by atoms with van der Waals surface area (Å²) in [6.07, 6.45) is -0.0230. The average molecular weight is 166 g/mol. The monoisotopic (exact) mass is 166 g/mol. The molecular weight excluding hydrogens is 156 g/mol. The number of phenolic OH excluding ortho intramolecular Hbond substituents is 1. The Bertz CT molecular complexity index is 268. The lowest BCUT2D eigenvalue weighted by Crippen LogP contribution is -1.93. The van der Waals surface area contributed by atoms with Crippen LogP contribution in [0.5, 0.6) is 5.75 Å². The van der Waals surface area contributed by atoms with Crippen molar-refractivity contribution in [3.05, 3.63) is 29.8 Å². The minimum atomic E-state index is -0.0467. The van der Waals surface area contributed by atoms with Crippen molar-refractivity contribution in [1.29, 1.82) is 0 Å². The first kappa shape index (κ1) is 7.58. The first-order valence-corrected chi connectivity index (χ1v) is 3.86. The molecule has 3 heteroatoms. The van der Waals surface area contributed by atoms with Crippen molar-refractivity contribution in [3.63, 3.8) is 0 Å². The van der Waals surface area contributed by atoms with Crippen LogP contribution in [-0.4, -0.2) is 22.9 Å². The number of benzene rings is 1. The Balaban J connectivity index is 2.10. The van der Waals surface area contributed by atoms with E-state index in [1.54, 1.807) is 24.3 Å². The van der Waals surface area contributed by atoms with E-state index in [0.29, 0.717) is 0 Å². The summed E-state index contributed by atoms with van der Waals surface area (Å²) in [6.45, 7) is 0.0611. The lowest BCUT2D eigenvalue weighted by Gasteiger charge is -1.95. The van der Waals surface area contributed by atoms with Crippen molar-refractivity contribution in [3.8, 4) is 5.75 Å². The minimum Gasteiger partial charge on any atom is -0.508 e. The molecule has 0 amide bonds. The standard InChI is InChI=1S/C9H10O3/c10-5-8-9(12-8)6-1-3-7(11)4-2-6/h1-4,8-11H,5H2. The Morgan fingerprint density at radius 2 is 1.92 bits per heavy atom. The van der Waals surface area contributed by atoms with Gasteiger partial charge in [-0.2, -0.15) is 0 Å². The molecule has 3 nitrogen and oxygen atoms in total. The van der Waals surface area contributed by atoms with Crippen LogP contribution in [0.3, 0.4) is 0 Å². The fraction of sp³-hybridized carbons (Fsp3) is 0.333. The highest BCUT2D eigenvalue weighted by molar-refractivity contribution is 5.29. The van der Waals surface area contributed by atoms with Crippen molar-refractivity contribution >= 4 is 0 Å². The van der Waals surface area contributed by atoms with Gasteiger partial charge < -0.3 is 14.9 Å². The molecule has 1 aromatic carbocycles. The van der Waals surface area contributed by atoms with E-state index in [9.17, 15) is 0 Å². The van der Waals surface area contributed by atoms with Gasteiger partial charge in [-0.1, -0.05) is 12.1 Å². The molecule has 1 aliphatic rings. The topological polar surface area (TPSA) is 53.0 Å². The van der Waals surface area contributed by atoms with Gasteiger partial charge in [0.2, 0.25) is 0 Å². The molecule has 64 valence electrons. The first-order valence-electron chi connectivity index (χ1n) is 3.86. The Kier molecular flexibility index (Phi) is 1.75. The predicted molar refractivity (Wildman–Crippen MR) is 42.8 cm³/mol. The summed E-state index contributed by atoms with van der Waals surface area (Å²) in [4.78, 5) is 0. The van der Waals surface area contributed by atoms with Gasteiger partial charge in [0.15, 0.2) is 0 Å². The summed E-state index contributed by atoms with van der Waals surface area (Å²) in [6, 6.07) is 6.84. The van der Waals surface area contributed by atoms with E-state index in [2.05, 4.69) is 0 Å². The quantitative estimate of drug-likeness (QED) is 0.639. The highest BCUT2D eigenvalue weighted by Crippen LogP contribution is 2.38. The second-order valence-corrected chi connectivity index (χ2v) is 2.87. The molecule has 2 atom stereocenters. The molecule has 0 radical (unpaired) electrons. The van der Waals surface area contributed by atoms with Gasteiger partial charge in [0, 0.05) is 0 Å². The van der Waals surface area contributed by atoms with E-state index >= 15 is 0 Å². The molecule has 1 aromatic rings. The van der Waals surface area contributed by atoms with Crippen LogP contribution in [-0.2, 0) is 4.74 Å². The van der Waals surface area contributed by atoms with E-state index in [4.69, 9.17) is 14.9 Å². The molecule has 0 saturated carbocycles. The van der Waals surface area contributed by atoms with Gasteiger partial charge in [-0.3, -0.25) is 0 Å². The lowest BCUT2D eigenvalue weighted by molar-refractivity contribution is 0.242. The van der Waals surface area contributed by atoms with Crippen molar-refractivity contribution in [2.45, 2.75) is 12.2 Å². The van der Waals surface area contributed by atoms with Crippen LogP contribution in [0.4, 0.5) is 0 Å². The summed E-state index contributed by atoms with van der Waals surface area (Å²) < 4.78 is 5.16. The second-order valence-electron chi connectivity index (χ2n) is 2.87. The number of hydrogen-bond acceptors (Lipinski definition) is 3. The predicted octanol–water partition coefficient (Wildman–Crippen LogP) is 0.824. The van der Waals surface area contributed by atoms with Crippen LogP contribution < -0.4 is 0 Å². The number of rotatable bonds is 2. The molecule has 2 N–H and O–H groups in total. The Labute approximate surface area is 70.2 Å². The maximum absolute atomic E-state index is 8.99. The molecule has 2 unspecified atom stereocenters. The first-order chi connectivity index (χ1) is 5.81. The van der Waals surface area contributed by atoms with Crippen LogP contribution >= 0.6 is 0 Å². The summed E-state index contributed by atoms with van der Waals surface area (Å²) in [5.74, 6) is 0.250. The number of aliphatic hydroxyl groups is 1. The van der Waals surface area contributed by atoms with E-state index in [1.807, 2.05) is 0 Å². The highest BCUT2D eigenvalue weighted by Gasteiger charge is 2.39. The molecule has 0 bridgehead atoms. The van der Waals surface area contributed by atoms with Crippen LogP contribution in [0.25, 0.3) is 0 Å². The van der Waals surface area contributed by atoms with Gasteiger partial charge in [0.25, 0.3) is 0 Å². The van der Waals surface area contributed by atoms with E-state index in [0.717, 1.165) is 5.56 Å². The average Bonchev–Trinajstić information content (AvgIpc) is 2.85. The number of phenols is 1. The van der Waals surface area contributed by atoms with Gasteiger partial charge >= 0.3 is 0 Å². The summed E-state index contributed by atoms with van der Waals surface area (Å²) in [5.41, 5.74) is 1.01. The van der Waals surface area contributed by atoms with Crippen LogP contribution in [0.15, 0.2) is 24.3 Å². The minimum absolute atomic E-state index is 0.0237. The molecule has 0 aliphatic carbocycles. The Morgan fingerprint density at radius 3 is 2.42 bits per heavy atom. The van der Waals surface area contributed by atoms with E-state index in [1.165, 1.54) is 0 Å².